The summed E-state index contributed by atoms with van der Waals surface area (Å²) in [7, 11) is -3.93. The molecule has 0 bridgehead atoms. The predicted molar refractivity (Wildman–Crippen MR) is 122 cm³/mol. The van der Waals surface area contributed by atoms with E-state index in [1.807, 2.05) is 25.1 Å². The second-order valence-electron chi connectivity index (χ2n) is 6.65. The number of nitrogens with one attached hydrogen (secondary N) is 2. The number of hydrogen-bond acceptors (Lipinski definition) is 6. The minimum atomic E-state index is -3.93. The van der Waals surface area contributed by atoms with Gasteiger partial charge in [-0.3, -0.25) is 14.8 Å². The van der Waals surface area contributed by atoms with Gasteiger partial charge >= 0.3 is 0 Å². The molecule has 0 aliphatic heterocycles. The summed E-state index contributed by atoms with van der Waals surface area (Å²) in [6.45, 7) is 2.38. The van der Waals surface area contributed by atoms with Gasteiger partial charge in [0, 0.05) is 11.3 Å². The number of benzene rings is 3. The Bertz CT molecular complexity index is 1390. The highest BCUT2D eigenvalue weighted by Gasteiger charge is 2.16. The molecule has 4 rings (SSSR count). The average molecular weight is 472 g/mol. The van der Waals surface area contributed by atoms with Crippen LogP contribution in [0.4, 0.5) is 15.2 Å². The first kappa shape index (κ1) is 21.7. The van der Waals surface area contributed by atoms with Gasteiger partial charge in [-0.05, 0) is 61.5 Å². The minimum absolute atomic E-state index is 0.0895. The van der Waals surface area contributed by atoms with E-state index < -0.39 is 21.7 Å². The summed E-state index contributed by atoms with van der Waals surface area (Å²) in [4.78, 5) is 17.1. The molecule has 0 saturated carbocycles. The third-order valence-corrected chi connectivity index (χ3v) is 6.74. The molecule has 2 N–H and O–H groups in total. The van der Waals surface area contributed by atoms with E-state index in [1.165, 1.54) is 23.5 Å². The van der Waals surface area contributed by atoms with E-state index >= 15 is 0 Å². The number of halogens is 1. The number of hydrogen-bond donors (Lipinski definition) is 2. The van der Waals surface area contributed by atoms with Crippen LogP contribution in [0.3, 0.4) is 0 Å². The number of sulfonamides is 1. The lowest BCUT2D eigenvalue weighted by atomic mass is 10.2. The van der Waals surface area contributed by atoms with Crippen molar-refractivity contribution in [2.75, 3.05) is 16.6 Å². The number of carbonyl (C=O) groups excluding carboxylic acids is 1. The smallest absolute Gasteiger partial charge is 0.261 e. The molecule has 0 spiro atoms. The van der Waals surface area contributed by atoms with Crippen molar-refractivity contribution >= 4 is 48.3 Å². The Kier molecular flexibility index (Phi) is 6.06. The maximum atomic E-state index is 13.1. The summed E-state index contributed by atoms with van der Waals surface area (Å²) in [5.41, 5.74) is 1.11. The molecule has 0 aliphatic rings. The number of rotatable bonds is 7. The highest BCUT2D eigenvalue weighted by Crippen LogP contribution is 2.32. The Labute approximate surface area is 187 Å². The van der Waals surface area contributed by atoms with Crippen LogP contribution in [-0.4, -0.2) is 25.9 Å². The normalized spacial score (nSPS) is 11.3. The van der Waals surface area contributed by atoms with Crippen LogP contribution < -0.4 is 14.8 Å². The Balaban J connectivity index is 1.53. The monoisotopic (exact) mass is 471 g/mol. The number of thiazole rings is 1. The summed E-state index contributed by atoms with van der Waals surface area (Å²) in [5.74, 6) is -0.338. The van der Waals surface area contributed by atoms with Crippen molar-refractivity contribution in [1.29, 1.82) is 0 Å². The summed E-state index contributed by atoms with van der Waals surface area (Å²) >= 11 is 1.31. The van der Waals surface area contributed by atoms with Gasteiger partial charge in [0.05, 0.1) is 16.2 Å². The molecule has 1 aromatic heterocycles. The molecule has 4 aromatic rings. The highest BCUT2D eigenvalue weighted by atomic mass is 32.2. The number of ether oxygens (including phenoxy) is 1. The molecule has 10 heteroatoms. The second-order valence-corrected chi connectivity index (χ2v) is 9.36. The molecular formula is C22H18FN3O4S2. The Morgan fingerprint density at radius 1 is 1.09 bits per heavy atom. The zero-order valence-corrected chi connectivity index (χ0v) is 18.5. The van der Waals surface area contributed by atoms with Crippen LogP contribution in [0, 0.1) is 5.82 Å². The van der Waals surface area contributed by atoms with E-state index in [2.05, 4.69) is 15.0 Å². The van der Waals surface area contributed by atoms with Gasteiger partial charge < -0.3 is 4.74 Å². The minimum Gasteiger partial charge on any atom is -0.492 e. The Morgan fingerprint density at radius 3 is 2.59 bits per heavy atom. The molecule has 0 aliphatic carbocycles. The first-order valence-corrected chi connectivity index (χ1v) is 11.9. The molecule has 1 heterocycles. The number of anilines is 2. The van der Waals surface area contributed by atoms with Crippen LogP contribution in [0.25, 0.3) is 10.2 Å². The number of para-hydroxylation sites is 1. The lowest BCUT2D eigenvalue weighted by Crippen LogP contribution is -2.15. The highest BCUT2D eigenvalue weighted by molar-refractivity contribution is 7.92. The van der Waals surface area contributed by atoms with Crippen LogP contribution in [0.5, 0.6) is 5.75 Å². The standard InChI is InChI=1S/C22H18FN3O4S2/c1-2-30-18-7-4-8-19-20(18)24-22(31-19)25-21(27)14-5-3-6-16(13-14)26-32(28,29)17-11-9-15(23)10-12-17/h3-13,26H,2H2,1H3,(H,24,25,27). The van der Waals surface area contributed by atoms with Gasteiger partial charge in [0.2, 0.25) is 0 Å². The lowest BCUT2D eigenvalue weighted by Gasteiger charge is -2.09. The van der Waals surface area contributed by atoms with E-state index in [4.69, 9.17) is 4.74 Å². The van der Waals surface area contributed by atoms with Crippen molar-refractivity contribution in [2.24, 2.45) is 0 Å². The first-order chi connectivity index (χ1) is 15.4. The number of carbonyl (C=O) groups is 1. The number of amides is 1. The lowest BCUT2D eigenvalue weighted by molar-refractivity contribution is 0.102. The molecule has 0 fully saturated rings. The zero-order valence-electron chi connectivity index (χ0n) is 16.8. The van der Waals surface area contributed by atoms with Gasteiger partial charge in [-0.25, -0.2) is 17.8 Å². The van der Waals surface area contributed by atoms with Gasteiger partial charge in [-0.1, -0.05) is 23.5 Å². The van der Waals surface area contributed by atoms with Crippen molar-refractivity contribution < 1.29 is 22.3 Å². The van der Waals surface area contributed by atoms with E-state index in [1.54, 1.807) is 12.1 Å². The van der Waals surface area contributed by atoms with Gasteiger partial charge in [0.15, 0.2) is 5.13 Å². The number of fused-ring (bicyclic) bond motifs is 1. The van der Waals surface area contributed by atoms with Crippen LogP contribution in [0.15, 0.2) is 71.6 Å². The summed E-state index contributed by atoms with van der Waals surface area (Å²) in [6, 6.07) is 16.1. The molecule has 7 nitrogen and oxygen atoms in total. The summed E-state index contributed by atoms with van der Waals surface area (Å²) in [5, 5.41) is 3.14. The maximum absolute atomic E-state index is 13.1. The summed E-state index contributed by atoms with van der Waals surface area (Å²) in [6.07, 6.45) is 0. The molecule has 1 amide bonds. The van der Waals surface area contributed by atoms with Crippen LogP contribution in [0.2, 0.25) is 0 Å². The van der Waals surface area contributed by atoms with Crippen molar-refractivity contribution in [3.63, 3.8) is 0 Å². The second kappa shape index (κ2) is 8.93. The van der Waals surface area contributed by atoms with Gasteiger partial charge in [-0.2, -0.15) is 0 Å². The van der Waals surface area contributed by atoms with Crippen molar-refractivity contribution in [3.05, 3.63) is 78.1 Å². The molecule has 0 saturated heterocycles. The van der Waals surface area contributed by atoms with E-state index in [-0.39, 0.29) is 16.1 Å². The van der Waals surface area contributed by atoms with Crippen LogP contribution in [-0.2, 0) is 10.0 Å². The molecule has 0 atom stereocenters. The number of nitrogens with zero attached hydrogens (tertiary/aromatic N) is 1. The zero-order chi connectivity index (χ0) is 22.7. The van der Waals surface area contributed by atoms with Crippen molar-refractivity contribution in [3.8, 4) is 5.75 Å². The van der Waals surface area contributed by atoms with E-state index in [0.29, 0.717) is 23.0 Å². The average Bonchev–Trinajstić information content (AvgIpc) is 3.17. The third kappa shape index (κ3) is 4.71. The largest absolute Gasteiger partial charge is 0.492 e. The van der Waals surface area contributed by atoms with E-state index in [9.17, 15) is 17.6 Å². The van der Waals surface area contributed by atoms with Gasteiger partial charge in [0.25, 0.3) is 15.9 Å². The van der Waals surface area contributed by atoms with Crippen LogP contribution in [0.1, 0.15) is 17.3 Å². The SMILES string of the molecule is CCOc1cccc2sc(NC(=O)c3cccc(NS(=O)(=O)c4ccc(F)cc4)c3)nc12. The van der Waals surface area contributed by atoms with Crippen molar-refractivity contribution in [2.45, 2.75) is 11.8 Å². The predicted octanol–water partition coefficient (Wildman–Crippen LogP) is 4.89. The molecule has 164 valence electrons. The molecule has 32 heavy (non-hydrogen) atoms. The maximum Gasteiger partial charge on any atom is 0.261 e. The quantitative estimate of drug-likeness (QED) is 0.400. The van der Waals surface area contributed by atoms with Crippen molar-refractivity contribution in [1.82, 2.24) is 4.98 Å². The molecule has 0 unspecified atom stereocenters. The third-order valence-electron chi connectivity index (χ3n) is 4.40. The topological polar surface area (TPSA) is 97.4 Å². The first-order valence-electron chi connectivity index (χ1n) is 9.58. The molecule has 0 radical (unpaired) electrons. The summed E-state index contributed by atoms with van der Waals surface area (Å²) < 4.78 is 46.9. The Morgan fingerprint density at radius 2 is 1.84 bits per heavy atom. The van der Waals surface area contributed by atoms with Gasteiger partial charge in [0.1, 0.15) is 17.1 Å². The van der Waals surface area contributed by atoms with E-state index in [0.717, 1.165) is 29.0 Å². The van der Waals surface area contributed by atoms with Gasteiger partial charge in [-0.15, -0.1) is 0 Å². The molecule has 3 aromatic carbocycles. The molecular weight excluding hydrogens is 453 g/mol. The fourth-order valence-corrected chi connectivity index (χ4v) is 4.90. The Hall–Kier alpha value is -3.50. The fraction of sp³-hybridized carbons (Fsp3) is 0.0909. The number of aromatic nitrogens is 1. The fourth-order valence-electron chi connectivity index (χ4n) is 2.97. The van der Waals surface area contributed by atoms with Crippen LogP contribution >= 0.6 is 11.3 Å².